The van der Waals surface area contributed by atoms with E-state index in [4.69, 9.17) is 4.74 Å². The van der Waals surface area contributed by atoms with E-state index < -0.39 is 11.3 Å². The Bertz CT molecular complexity index is 943. The number of halogens is 3. The number of aromatic nitrogens is 2. The highest BCUT2D eigenvalue weighted by Crippen LogP contribution is 2.32. The van der Waals surface area contributed by atoms with Crippen LogP contribution in [0.25, 0.3) is 0 Å². The monoisotopic (exact) mass is 441 g/mol. The van der Waals surface area contributed by atoms with Crippen LogP contribution in [0.4, 0.5) is 24.7 Å². The first-order chi connectivity index (χ1) is 14.8. The molecule has 0 bridgehead atoms. The molecule has 1 fully saturated rings. The highest BCUT2D eigenvalue weighted by molar-refractivity contribution is 5.57. The molecule has 0 spiro atoms. The number of hydrogen-bond acceptors (Lipinski definition) is 7. The van der Waals surface area contributed by atoms with Gasteiger partial charge < -0.3 is 29.8 Å². The van der Waals surface area contributed by atoms with Gasteiger partial charge in [0.2, 0.25) is 0 Å². The zero-order valence-electron chi connectivity index (χ0n) is 16.6. The van der Waals surface area contributed by atoms with E-state index in [1.165, 1.54) is 18.3 Å². The van der Waals surface area contributed by atoms with Crippen LogP contribution in [0, 0.1) is 10.1 Å². The van der Waals surface area contributed by atoms with Crippen molar-refractivity contribution < 1.29 is 27.6 Å². The summed E-state index contributed by atoms with van der Waals surface area (Å²) in [5, 5.41) is 14.2. The fourth-order valence-corrected chi connectivity index (χ4v) is 3.88. The summed E-state index contributed by atoms with van der Waals surface area (Å²) in [7, 11) is 0. The number of nitro groups is 1. The molecule has 12 heteroatoms. The van der Waals surface area contributed by atoms with Crippen LogP contribution in [0.2, 0.25) is 0 Å². The van der Waals surface area contributed by atoms with Crippen LogP contribution in [-0.2, 0) is 13.1 Å². The fourth-order valence-electron chi connectivity index (χ4n) is 3.88. The van der Waals surface area contributed by atoms with Gasteiger partial charge in [0, 0.05) is 42.9 Å². The largest absolute Gasteiger partial charge is 0.573 e. The Morgan fingerprint density at radius 2 is 2.06 bits per heavy atom. The molecule has 1 aromatic heterocycles. The highest BCUT2D eigenvalue weighted by atomic mass is 19.4. The average molecular weight is 441 g/mol. The number of rotatable bonds is 6. The van der Waals surface area contributed by atoms with Gasteiger partial charge in [0.05, 0.1) is 6.04 Å². The smallest absolute Gasteiger partial charge is 0.444 e. The Labute approximate surface area is 175 Å². The molecule has 0 aliphatic carbocycles. The Hall–Kier alpha value is -3.02. The molecule has 1 saturated heterocycles. The number of nitrogens with zero attached hydrogens (tertiary/aromatic N) is 4. The number of alkyl halides is 3. The first-order valence-corrected chi connectivity index (χ1v) is 10.00. The van der Waals surface area contributed by atoms with Crippen molar-refractivity contribution in [2.24, 2.45) is 0 Å². The maximum Gasteiger partial charge on any atom is 0.573 e. The van der Waals surface area contributed by atoms with Crippen LogP contribution in [0.5, 0.6) is 11.8 Å². The second kappa shape index (κ2) is 8.61. The predicted octanol–water partition coefficient (Wildman–Crippen LogP) is 3.23. The van der Waals surface area contributed by atoms with E-state index in [-0.39, 0.29) is 30.2 Å². The number of fused-ring (bicyclic) bond motifs is 1. The highest BCUT2D eigenvalue weighted by Gasteiger charge is 2.32. The molecular formula is C19H22F3N5O4. The Morgan fingerprint density at radius 3 is 2.77 bits per heavy atom. The summed E-state index contributed by atoms with van der Waals surface area (Å²) in [5.41, 5.74) is 1.56. The van der Waals surface area contributed by atoms with E-state index in [0.717, 1.165) is 37.9 Å². The summed E-state index contributed by atoms with van der Waals surface area (Å²) in [6.45, 7) is 2.67. The van der Waals surface area contributed by atoms with E-state index in [9.17, 15) is 23.3 Å². The van der Waals surface area contributed by atoms with Gasteiger partial charge in [0.15, 0.2) is 0 Å². The maximum atomic E-state index is 12.7. The van der Waals surface area contributed by atoms with Gasteiger partial charge in [0.25, 0.3) is 0 Å². The van der Waals surface area contributed by atoms with Crippen molar-refractivity contribution >= 4 is 11.5 Å². The minimum atomic E-state index is -4.75. The van der Waals surface area contributed by atoms with Crippen molar-refractivity contribution in [2.45, 2.75) is 44.8 Å². The van der Waals surface area contributed by atoms with Gasteiger partial charge in [-0.2, -0.15) is 0 Å². The summed E-state index contributed by atoms with van der Waals surface area (Å²) in [4.78, 5) is 16.2. The van der Waals surface area contributed by atoms with Crippen molar-refractivity contribution in [3.05, 3.63) is 40.1 Å². The van der Waals surface area contributed by atoms with Gasteiger partial charge >= 0.3 is 18.2 Å². The average Bonchev–Trinajstić information content (AvgIpc) is 3.16. The van der Waals surface area contributed by atoms with Crippen molar-refractivity contribution in [3.8, 4) is 11.8 Å². The summed E-state index contributed by atoms with van der Waals surface area (Å²) >= 11 is 0. The quantitative estimate of drug-likeness (QED) is 0.543. The van der Waals surface area contributed by atoms with Crippen molar-refractivity contribution in [1.82, 2.24) is 14.9 Å². The molecule has 0 radical (unpaired) electrons. The first-order valence-electron chi connectivity index (χ1n) is 10.00. The molecular weight excluding hydrogens is 419 g/mol. The summed E-state index contributed by atoms with van der Waals surface area (Å²) < 4.78 is 49.2. The molecule has 1 atom stereocenters. The van der Waals surface area contributed by atoms with Crippen molar-refractivity contribution in [3.63, 3.8) is 0 Å². The van der Waals surface area contributed by atoms with E-state index in [0.29, 0.717) is 18.8 Å². The van der Waals surface area contributed by atoms with E-state index >= 15 is 0 Å². The third-order valence-corrected chi connectivity index (χ3v) is 5.31. The second-order valence-corrected chi connectivity index (χ2v) is 7.57. The number of benzene rings is 1. The molecule has 0 amide bonds. The Kier molecular flexibility index (Phi) is 5.90. The van der Waals surface area contributed by atoms with Crippen LogP contribution >= 0.6 is 0 Å². The lowest BCUT2D eigenvalue weighted by Gasteiger charge is -2.31. The third-order valence-electron chi connectivity index (χ3n) is 5.31. The lowest BCUT2D eigenvalue weighted by atomic mass is 10.1. The fraction of sp³-hybridized carbons (Fsp3) is 0.526. The molecule has 3 heterocycles. The Morgan fingerprint density at radius 1 is 1.29 bits per heavy atom. The van der Waals surface area contributed by atoms with E-state index in [1.807, 2.05) is 0 Å². The molecule has 168 valence electrons. The molecule has 2 aliphatic rings. The second-order valence-electron chi connectivity index (χ2n) is 7.57. The molecule has 9 nitrogen and oxygen atoms in total. The number of nitrogens with one attached hydrogen (secondary N) is 1. The first kappa shape index (κ1) is 21.2. The van der Waals surface area contributed by atoms with Gasteiger partial charge in [-0.15, -0.1) is 13.2 Å². The molecule has 4 rings (SSSR count). The van der Waals surface area contributed by atoms with Gasteiger partial charge in [-0.25, -0.2) is 0 Å². The van der Waals surface area contributed by atoms with Gasteiger partial charge in [-0.05, 0) is 35.8 Å². The zero-order chi connectivity index (χ0) is 22.0. The Balaban J connectivity index is 1.47. The normalized spacial score (nSPS) is 18.9. The zero-order valence-corrected chi connectivity index (χ0v) is 16.6. The molecule has 2 aliphatic heterocycles. The van der Waals surface area contributed by atoms with E-state index in [1.54, 1.807) is 10.6 Å². The lowest BCUT2D eigenvalue weighted by molar-refractivity contribution is -0.389. The van der Waals surface area contributed by atoms with Gasteiger partial charge in [0.1, 0.15) is 18.6 Å². The van der Waals surface area contributed by atoms with Crippen LogP contribution in [-0.4, -0.2) is 46.6 Å². The minimum Gasteiger partial charge on any atom is -0.444 e. The maximum absolute atomic E-state index is 12.7. The number of piperidine rings is 1. The van der Waals surface area contributed by atoms with Crippen LogP contribution in [0.15, 0.2) is 24.4 Å². The van der Waals surface area contributed by atoms with Crippen molar-refractivity contribution in [1.29, 1.82) is 0 Å². The van der Waals surface area contributed by atoms with Crippen LogP contribution < -0.4 is 19.7 Å². The third kappa shape index (κ3) is 5.19. The van der Waals surface area contributed by atoms with Crippen LogP contribution in [0.1, 0.15) is 24.8 Å². The summed E-state index contributed by atoms with van der Waals surface area (Å²) in [5.74, 6) is -0.517. The molecule has 31 heavy (non-hydrogen) atoms. The van der Waals surface area contributed by atoms with Crippen LogP contribution in [0.3, 0.4) is 0 Å². The minimum absolute atomic E-state index is 0.137. The number of hydrogen-bond donors (Lipinski definition) is 1. The molecule has 0 unspecified atom stereocenters. The SMILES string of the molecule is O=[N+]([O-])c1cn2c(n1)OC[C@@H](NCc1ccc(OC(F)(F)F)cc1N1CCCCC1)C2. The molecule has 1 N–H and O–H groups in total. The standard InChI is InChI=1S/C19H22F3N5O4/c20-19(21,22)31-15-5-4-13(16(8-15)25-6-2-1-3-7-25)9-23-14-10-26-11-17(27(28)29)24-18(26)30-12-14/h4-5,8,11,14,23H,1-3,6-7,9-10,12H2/t14-/m0/s1. The van der Waals surface area contributed by atoms with E-state index in [2.05, 4.69) is 19.9 Å². The summed E-state index contributed by atoms with van der Waals surface area (Å²) in [6, 6.07) is 4.45. The number of anilines is 1. The van der Waals surface area contributed by atoms with Gasteiger partial charge in [-0.1, -0.05) is 6.07 Å². The molecule has 0 saturated carbocycles. The number of ether oxygens (including phenoxy) is 2. The van der Waals surface area contributed by atoms with Gasteiger partial charge in [-0.3, -0.25) is 4.57 Å². The van der Waals surface area contributed by atoms with Crippen molar-refractivity contribution in [2.75, 3.05) is 24.6 Å². The predicted molar refractivity (Wildman–Crippen MR) is 104 cm³/mol. The summed E-state index contributed by atoms with van der Waals surface area (Å²) in [6.07, 6.45) is -0.359. The molecule has 2 aromatic rings. The molecule has 1 aromatic carbocycles. The number of imidazole rings is 1. The topological polar surface area (TPSA) is 94.7 Å². The lowest BCUT2D eigenvalue weighted by Crippen LogP contribution is -2.41.